The van der Waals surface area contributed by atoms with Crippen molar-refractivity contribution >= 4 is 27.7 Å². The maximum atomic E-state index is 12.6. The van der Waals surface area contributed by atoms with Crippen molar-refractivity contribution in [2.24, 2.45) is 5.92 Å². The normalized spacial score (nSPS) is 11.5. The Morgan fingerprint density at radius 3 is 2.68 bits per heavy atom. The van der Waals surface area contributed by atoms with Crippen LogP contribution in [0.15, 0.2) is 54.7 Å². The topological polar surface area (TPSA) is 62.7 Å². The van der Waals surface area contributed by atoms with Crippen molar-refractivity contribution in [3.05, 3.63) is 66.0 Å². The molecule has 0 bridgehead atoms. The van der Waals surface area contributed by atoms with Crippen LogP contribution < -0.4 is 5.32 Å². The molecule has 2 aromatic heterocycles. The van der Waals surface area contributed by atoms with Crippen LogP contribution in [0, 0.1) is 5.92 Å². The van der Waals surface area contributed by atoms with E-state index in [1.165, 1.54) is 16.5 Å². The van der Waals surface area contributed by atoms with Gasteiger partial charge in [0.1, 0.15) is 0 Å². The van der Waals surface area contributed by atoms with Gasteiger partial charge in [-0.2, -0.15) is 5.10 Å². The molecule has 144 valence electrons. The molecule has 2 aromatic carbocycles. The quantitative estimate of drug-likeness (QED) is 0.499. The van der Waals surface area contributed by atoms with Crippen LogP contribution in [-0.2, 0) is 13.0 Å². The van der Waals surface area contributed by atoms with Gasteiger partial charge in [-0.3, -0.25) is 9.89 Å². The minimum Gasteiger partial charge on any atom is -0.350 e. The molecule has 0 aliphatic rings. The van der Waals surface area contributed by atoms with Crippen molar-refractivity contribution in [1.29, 1.82) is 0 Å². The van der Waals surface area contributed by atoms with Crippen LogP contribution in [0.5, 0.6) is 0 Å². The van der Waals surface area contributed by atoms with E-state index in [2.05, 4.69) is 64.4 Å². The molecule has 2 N–H and O–H groups in total. The molecular formula is C23H26N4O. The number of nitrogens with one attached hydrogen (secondary N) is 2. The van der Waals surface area contributed by atoms with Crippen LogP contribution in [0.3, 0.4) is 0 Å². The highest BCUT2D eigenvalue weighted by atomic mass is 16.1. The molecule has 5 nitrogen and oxygen atoms in total. The van der Waals surface area contributed by atoms with Crippen molar-refractivity contribution in [2.45, 2.75) is 33.2 Å². The third-order valence-corrected chi connectivity index (χ3v) is 5.18. The molecule has 0 radical (unpaired) electrons. The van der Waals surface area contributed by atoms with E-state index in [0.29, 0.717) is 18.2 Å². The van der Waals surface area contributed by atoms with E-state index in [0.717, 1.165) is 30.3 Å². The Kier molecular flexibility index (Phi) is 5.15. The van der Waals surface area contributed by atoms with Gasteiger partial charge in [0, 0.05) is 35.6 Å². The molecule has 28 heavy (non-hydrogen) atoms. The second-order valence-electron chi connectivity index (χ2n) is 7.67. The Balaban J connectivity index is 1.46. The first kappa shape index (κ1) is 18.3. The molecule has 0 saturated heterocycles. The number of hydrogen-bond acceptors (Lipinski definition) is 2. The minimum atomic E-state index is -0.138. The number of benzene rings is 2. The molecule has 5 heteroatoms. The maximum absolute atomic E-state index is 12.6. The molecule has 1 amide bonds. The summed E-state index contributed by atoms with van der Waals surface area (Å²) in [4.78, 5) is 12.6. The lowest BCUT2D eigenvalue weighted by Gasteiger charge is -2.07. The van der Waals surface area contributed by atoms with E-state index >= 15 is 0 Å². The number of carbonyl (C=O) groups is 1. The Bertz CT molecular complexity index is 1110. The first-order valence-corrected chi connectivity index (χ1v) is 9.91. The van der Waals surface area contributed by atoms with E-state index in [4.69, 9.17) is 0 Å². The summed E-state index contributed by atoms with van der Waals surface area (Å²) in [5, 5.41) is 12.2. The van der Waals surface area contributed by atoms with Crippen molar-refractivity contribution < 1.29 is 4.79 Å². The van der Waals surface area contributed by atoms with Crippen molar-refractivity contribution in [3.8, 4) is 0 Å². The third-order valence-electron chi connectivity index (χ3n) is 5.18. The van der Waals surface area contributed by atoms with Gasteiger partial charge in [0.2, 0.25) is 0 Å². The van der Waals surface area contributed by atoms with Gasteiger partial charge in [0.15, 0.2) is 5.69 Å². The molecule has 4 rings (SSSR count). The molecular weight excluding hydrogens is 348 g/mol. The minimum absolute atomic E-state index is 0.138. The maximum Gasteiger partial charge on any atom is 0.272 e. The summed E-state index contributed by atoms with van der Waals surface area (Å²) in [6.07, 6.45) is 4.19. The van der Waals surface area contributed by atoms with E-state index < -0.39 is 0 Å². The highest BCUT2D eigenvalue weighted by Gasteiger charge is 2.14. The number of nitrogens with zero attached hydrogens (tertiary/aromatic N) is 2. The number of carbonyl (C=O) groups excluding carboxylic acids is 1. The zero-order chi connectivity index (χ0) is 19.5. The third kappa shape index (κ3) is 3.65. The zero-order valence-electron chi connectivity index (χ0n) is 16.4. The number of para-hydroxylation sites is 2. The smallest absolute Gasteiger partial charge is 0.272 e. The summed E-state index contributed by atoms with van der Waals surface area (Å²) in [6.45, 7) is 6.10. The Labute approximate surface area is 164 Å². The molecule has 0 fully saturated rings. The van der Waals surface area contributed by atoms with E-state index in [9.17, 15) is 4.79 Å². The zero-order valence-corrected chi connectivity index (χ0v) is 16.4. The van der Waals surface area contributed by atoms with Gasteiger partial charge in [-0.15, -0.1) is 0 Å². The summed E-state index contributed by atoms with van der Waals surface area (Å²) in [5.41, 5.74) is 3.87. The molecule has 4 aromatic rings. The summed E-state index contributed by atoms with van der Waals surface area (Å²) >= 11 is 0. The number of hydrogen-bond donors (Lipinski definition) is 2. The van der Waals surface area contributed by atoms with Gasteiger partial charge in [-0.25, -0.2) is 0 Å². The molecule has 0 unspecified atom stereocenters. The predicted octanol–water partition coefficient (Wildman–Crippen LogP) is 4.54. The molecule has 0 spiro atoms. The van der Waals surface area contributed by atoms with Crippen LogP contribution in [0.4, 0.5) is 0 Å². The van der Waals surface area contributed by atoms with Crippen LogP contribution in [0.25, 0.3) is 21.8 Å². The molecule has 0 aliphatic heterocycles. The lowest BCUT2D eigenvalue weighted by Crippen LogP contribution is -2.26. The van der Waals surface area contributed by atoms with Crippen molar-refractivity contribution in [1.82, 2.24) is 20.1 Å². The average Bonchev–Trinajstić information content (AvgIpc) is 3.28. The van der Waals surface area contributed by atoms with E-state index in [1.807, 2.05) is 24.3 Å². The monoisotopic (exact) mass is 374 g/mol. The van der Waals surface area contributed by atoms with E-state index in [1.54, 1.807) is 0 Å². The number of amides is 1. The summed E-state index contributed by atoms with van der Waals surface area (Å²) in [7, 11) is 0. The van der Waals surface area contributed by atoms with Crippen LogP contribution in [0.2, 0.25) is 0 Å². The Morgan fingerprint density at radius 2 is 1.86 bits per heavy atom. The van der Waals surface area contributed by atoms with Gasteiger partial charge in [-0.05, 0) is 36.5 Å². The summed E-state index contributed by atoms with van der Waals surface area (Å²) < 4.78 is 2.34. The number of fused-ring (bicyclic) bond motifs is 2. The van der Waals surface area contributed by atoms with Gasteiger partial charge >= 0.3 is 0 Å². The van der Waals surface area contributed by atoms with Crippen LogP contribution in [0.1, 0.15) is 36.3 Å². The summed E-state index contributed by atoms with van der Waals surface area (Å²) in [6, 6.07) is 16.2. The number of aromatic amines is 1. The first-order valence-electron chi connectivity index (χ1n) is 9.91. The Hall–Kier alpha value is -3.08. The standard InChI is InChI=1S/C23H26N4O/c1-16(2)12-14-27-15-17(18-7-4-6-10-21(18)27)11-13-24-23(28)22-19-8-3-5-9-20(19)25-26-22/h3-10,15-16H,11-14H2,1-2H3,(H,24,28)(H,25,26). The fourth-order valence-electron chi connectivity index (χ4n) is 3.64. The average molecular weight is 374 g/mol. The summed E-state index contributed by atoms with van der Waals surface area (Å²) in [5.74, 6) is 0.536. The molecule has 0 atom stereocenters. The fraction of sp³-hybridized carbons (Fsp3) is 0.304. The van der Waals surface area contributed by atoms with Gasteiger partial charge in [-0.1, -0.05) is 50.2 Å². The van der Waals surface area contributed by atoms with Crippen molar-refractivity contribution in [2.75, 3.05) is 6.54 Å². The Morgan fingerprint density at radius 1 is 1.11 bits per heavy atom. The number of rotatable bonds is 7. The van der Waals surface area contributed by atoms with Crippen molar-refractivity contribution in [3.63, 3.8) is 0 Å². The van der Waals surface area contributed by atoms with Crippen LogP contribution in [-0.4, -0.2) is 27.2 Å². The molecule has 2 heterocycles. The lowest BCUT2D eigenvalue weighted by molar-refractivity contribution is 0.0950. The van der Waals surface area contributed by atoms with Crippen LogP contribution >= 0.6 is 0 Å². The van der Waals surface area contributed by atoms with Gasteiger partial charge in [0.05, 0.1) is 5.52 Å². The second kappa shape index (κ2) is 7.89. The van der Waals surface area contributed by atoms with E-state index in [-0.39, 0.29) is 5.91 Å². The fourth-order valence-corrected chi connectivity index (χ4v) is 3.64. The largest absolute Gasteiger partial charge is 0.350 e. The first-order chi connectivity index (χ1) is 13.6. The molecule has 0 saturated carbocycles. The highest BCUT2D eigenvalue weighted by Crippen LogP contribution is 2.23. The SMILES string of the molecule is CC(C)CCn1cc(CCNC(=O)c2n[nH]c3ccccc23)c2ccccc21. The number of aryl methyl sites for hydroxylation is 1. The van der Waals surface area contributed by atoms with Gasteiger partial charge in [0.25, 0.3) is 5.91 Å². The predicted molar refractivity (Wildman–Crippen MR) is 114 cm³/mol. The second-order valence-corrected chi connectivity index (χ2v) is 7.67. The molecule has 0 aliphatic carbocycles. The number of H-pyrrole nitrogens is 1. The highest BCUT2D eigenvalue weighted by molar-refractivity contribution is 6.04. The van der Waals surface area contributed by atoms with Gasteiger partial charge < -0.3 is 9.88 Å². The lowest BCUT2D eigenvalue weighted by atomic mass is 10.1. The number of aromatic nitrogens is 3.